The number of thiophene rings is 2. The average molecular weight is 310 g/mol. The molecule has 0 spiro atoms. The Kier molecular flexibility index (Phi) is 5.76. The van der Waals surface area contributed by atoms with Crippen molar-refractivity contribution >= 4 is 34.6 Å². The van der Waals surface area contributed by atoms with Gasteiger partial charge in [-0.3, -0.25) is 9.59 Å². The number of carbonyl (C=O) groups excluding carboxylic acids is 2. The maximum atomic E-state index is 11.5. The van der Waals surface area contributed by atoms with Crippen molar-refractivity contribution in [2.45, 2.75) is 26.1 Å². The first-order chi connectivity index (χ1) is 9.74. The van der Waals surface area contributed by atoms with E-state index in [1.165, 1.54) is 22.7 Å². The highest BCUT2D eigenvalue weighted by molar-refractivity contribution is 7.10. The smallest absolute Gasteiger partial charge is 0.306 e. The van der Waals surface area contributed by atoms with Crippen LogP contribution in [0.2, 0.25) is 0 Å². The molecule has 0 saturated heterocycles. The fraction of sp³-hybridized carbons (Fsp3) is 0.286. The number of rotatable bonds is 7. The molecule has 2 aromatic rings. The van der Waals surface area contributed by atoms with E-state index in [9.17, 15) is 9.59 Å². The number of hydrogen-bond donors (Lipinski definition) is 0. The highest BCUT2D eigenvalue weighted by atomic mass is 32.1. The zero-order valence-electron chi connectivity index (χ0n) is 10.7. The highest BCUT2D eigenvalue weighted by Crippen LogP contribution is 2.12. The molecule has 0 bridgehead atoms. The first kappa shape index (κ1) is 14.7. The third-order valence-corrected chi connectivity index (χ3v) is 4.14. The summed E-state index contributed by atoms with van der Waals surface area (Å²) in [5.74, 6) is -0.766. The van der Waals surface area contributed by atoms with Crippen LogP contribution in [-0.2, 0) is 32.3 Å². The summed E-state index contributed by atoms with van der Waals surface area (Å²) in [5.41, 5.74) is 0. The Morgan fingerprint density at radius 2 is 1.30 bits per heavy atom. The van der Waals surface area contributed by atoms with Crippen molar-refractivity contribution < 1.29 is 19.1 Å². The van der Waals surface area contributed by atoms with Crippen LogP contribution >= 0.6 is 22.7 Å². The SMILES string of the molecule is O=C(CCC(=O)OCc1cccs1)OCc1cccs1. The molecule has 0 unspecified atom stereocenters. The topological polar surface area (TPSA) is 52.6 Å². The summed E-state index contributed by atoms with van der Waals surface area (Å²) in [6, 6.07) is 7.59. The van der Waals surface area contributed by atoms with E-state index in [-0.39, 0.29) is 38.0 Å². The molecule has 0 aromatic carbocycles. The predicted molar refractivity (Wildman–Crippen MR) is 77.5 cm³/mol. The third kappa shape index (κ3) is 5.14. The first-order valence-electron chi connectivity index (χ1n) is 6.10. The summed E-state index contributed by atoms with van der Waals surface area (Å²) in [4.78, 5) is 24.9. The molecule has 2 heterocycles. The molecule has 20 heavy (non-hydrogen) atoms. The van der Waals surface area contributed by atoms with E-state index < -0.39 is 0 Å². The Bertz CT molecular complexity index is 481. The lowest BCUT2D eigenvalue weighted by Crippen LogP contribution is -2.09. The van der Waals surface area contributed by atoms with Gasteiger partial charge in [0.2, 0.25) is 0 Å². The Morgan fingerprint density at radius 1 is 0.850 bits per heavy atom. The molecule has 0 aliphatic heterocycles. The molecule has 0 aliphatic rings. The van der Waals surface area contributed by atoms with Crippen molar-refractivity contribution in [3.63, 3.8) is 0 Å². The van der Waals surface area contributed by atoms with Crippen LogP contribution in [0.25, 0.3) is 0 Å². The van der Waals surface area contributed by atoms with E-state index >= 15 is 0 Å². The maximum Gasteiger partial charge on any atom is 0.306 e. The number of esters is 2. The zero-order valence-corrected chi connectivity index (χ0v) is 12.4. The quantitative estimate of drug-likeness (QED) is 0.736. The van der Waals surface area contributed by atoms with Crippen LogP contribution in [0.4, 0.5) is 0 Å². The van der Waals surface area contributed by atoms with E-state index in [1.807, 2.05) is 35.0 Å². The lowest BCUT2D eigenvalue weighted by atomic mass is 10.3. The molecular weight excluding hydrogens is 296 g/mol. The third-order valence-electron chi connectivity index (χ3n) is 2.44. The fourth-order valence-electron chi connectivity index (χ4n) is 1.44. The molecule has 6 heteroatoms. The van der Waals surface area contributed by atoms with E-state index in [4.69, 9.17) is 9.47 Å². The van der Waals surface area contributed by atoms with Crippen LogP contribution in [-0.4, -0.2) is 11.9 Å². The molecule has 0 radical (unpaired) electrons. The minimum atomic E-state index is -0.383. The lowest BCUT2D eigenvalue weighted by Gasteiger charge is -2.04. The normalized spacial score (nSPS) is 10.2. The van der Waals surface area contributed by atoms with Crippen molar-refractivity contribution in [1.82, 2.24) is 0 Å². The van der Waals surface area contributed by atoms with Gasteiger partial charge in [0.25, 0.3) is 0 Å². The molecule has 2 rings (SSSR count). The molecule has 0 fully saturated rings. The van der Waals surface area contributed by atoms with Gasteiger partial charge in [0.05, 0.1) is 12.8 Å². The van der Waals surface area contributed by atoms with Crippen LogP contribution in [0.15, 0.2) is 35.0 Å². The second kappa shape index (κ2) is 7.81. The van der Waals surface area contributed by atoms with E-state index in [0.717, 1.165) is 9.75 Å². The number of carbonyl (C=O) groups is 2. The second-order valence-corrected chi connectivity index (χ2v) is 6.04. The predicted octanol–water partition coefficient (Wildman–Crippen LogP) is 3.38. The van der Waals surface area contributed by atoms with Gasteiger partial charge < -0.3 is 9.47 Å². The van der Waals surface area contributed by atoms with Crippen molar-refractivity contribution in [2.75, 3.05) is 0 Å². The Labute approximate surface area is 125 Å². The van der Waals surface area contributed by atoms with Gasteiger partial charge in [-0.15, -0.1) is 22.7 Å². The van der Waals surface area contributed by atoms with E-state index in [2.05, 4.69) is 0 Å². The Morgan fingerprint density at radius 3 is 1.65 bits per heavy atom. The highest BCUT2D eigenvalue weighted by Gasteiger charge is 2.10. The van der Waals surface area contributed by atoms with Gasteiger partial charge in [-0.1, -0.05) is 12.1 Å². The minimum absolute atomic E-state index is 0.0502. The molecule has 4 nitrogen and oxygen atoms in total. The molecule has 106 valence electrons. The van der Waals surface area contributed by atoms with E-state index in [0.29, 0.717) is 0 Å². The fourth-order valence-corrected chi connectivity index (χ4v) is 2.67. The van der Waals surface area contributed by atoms with Crippen LogP contribution < -0.4 is 0 Å². The van der Waals surface area contributed by atoms with Crippen LogP contribution in [0.1, 0.15) is 22.6 Å². The summed E-state index contributed by atoms with van der Waals surface area (Å²) >= 11 is 3.06. The molecular formula is C14H14O4S2. The minimum Gasteiger partial charge on any atom is -0.460 e. The second-order valence-electron chi connectivity index (χ2n) is 3.98. The van der Waals surface area contributed by atoms with Gasteiger partial charge in [-0.2, -0.15) is 0 Å². The molecule has 0 saturated carbocycles. The van der Waals surface area contributed by atoms with Gasteiger partial charge >= 0.3 is 11.9 Å². The maximum absolute atomic E-state index is 11.5. The zero-order chi connectivity index (χ0) is 14.2. The summed E-state index contributed by atoms with van der Waals surface area (Å²) in [6.45, 7) is 0.529. The summed E-state index contributed by atoms with van der Waals surface area (Å²) in [6.07, 6.45) is 0.100. The van der Waals surface area contributed by atoms with Gasteiger partial charge in [-0.05, 0) is 22.9 Å². The Balaban J connectivity index is 1.59. The van der Waals surface area contributed by atoms with Gasteiger partial charge in [-0.25, -0.2) is 0 Å². The van der Waals surface area contributed by atoms with Crippen molar-refractivity contribution in [3.05, 3.63) is 44.8 Å². The van der Waals surface area contributed by atoms with Gasteiger partial charge in [0.15, 0.2) is 0 Å². The molecule has 0 aliphatic carbocycles. The monoisotopic (exact) mass is 310 g/mol. The lowest BCUT2D eigenvalue weighted by molar-refractivity contribution is -0.151. The Hall–Kier alpha value is -1.66. The van der Waals surface area contributed by atoms with Crippen LogP contribution in [0.5, 0.6) is 0 Å². The van der Waals surface area contributed by atoms with E-state index in [1.54, 1.807) is 0 Å². The van der Waals surface area contributed by atoms with Crippen molar-refractivity contribution in [1.29, 1.82) is 0 Å². The van der Waals surface area contributed by atoms with Crippen LogP contribution in [0, 0.1) is 0 Å². The number of hydrogen-bond acceptors (Lipinski definition) is 6. The molecule has 0 amide bonds. The molecule has 0 atom stereocenters. The molecule has 2 aromatic heterocycles. The number of ether oxygens (including phenoxy) is 2. The largest absolute Gasteiger partial charge is 0.460 e. The van der Waals surface area contributed by atoms with Gasteiger partial charge in [0.1, 0.15) is 13.2 Å². The van der Waals surface area contributed by atoms with Crippen molar-refractivity contribution in [2.24, 2.45) is 0 Å². The molecule has 0 N–H and O–H groups in total. The average Bonchev–Trinajstić information content (AvgIpc) is 3.13. The van der Waals surface area contributed by atoms with Gasteiger partial charge in [0, 0.05) is 9.75 Å². The van der Waals surface area contributed by atoms with Crippen molar-refractivity contribution in [3.8, 4) is 0 Å². The summed E-state index contributed by atoms with van der Waals surface area (Å²) in [5, 5.41) is 3.84. The van der Waals surface area contributed by atoms with Crippen LogP contribution in [0.3, 0.4) is 0 Å². The summed E-state index contributed by atoms with van der Waals surface area (Å²) in [7, 11) is 0. The summed E-state index contributed by atoms with van der Waals surface area (Å²) < 4.78 is 10.1. The standard InChI is InChI=1S/C14H14O4S2/c15-13(17-9-11-3-1-7-19-11)5-6-14(16)18-10-12-4-2-8-20-12/h1-4,7-8H,5-6,9-10H2. The first-order valence-corrected chi connectivity index (χ1v) is 7.86.